The van der Waals surface area contributed by atoms with Crippen molar-refractivity contribution in [2.45, 2.75) is 19.0 Å². The van der Waals surface area contributed by atoms with Crippen molar-refractivity contribution < 1.29 is 18.0 Å². The fraction of sp³-hybridized carbons (Fsp3) is 0.200. The molecule has 1 unspecified atom stereocenters. The average Bonchev–Trinajstić information content (AvgIpc) is 3.19. The van der Waals surface area contributed by atoms with Gasteiger partial charge in [0.05, 0.1) is 12.6 Å². The molecule has 1 aromatic heterocycles. The summed E-state index contributed by atoms with van der Waals surface area (Å²) < 4.78 is 40.8. The molecule has 1 aliphatic heterocycles. The number of nitrogens with one attached hydrogen (secondary N) is 1. The van der Waals surface area contributed by atoms with Crippen molar-refractivity contribution in [3.05, 3.63) is 83.4 Å². The zero-order valence-electron chi connectivity index (χ0n) is 14.8. The number of hydroxylamine groups is 1. The predicted molar refractivity (Wildman–Crippen MR) is 97.9 cm³/mol. The lowest BCUT2D eigenvalue weighted by Gasteiger charge is -2.24. The van der Waals surface area contributed by atoms with Crippen LogP contribution in [0.3, 0.4) is 0 Å². The molecule has 0 spiro atoms. The summed E-state index contributed by atoms with van der Waals surface area (Å²) in [5.74, 6) is -1.11. The SMILES string of the molecule is Fc1ccc(CNc2cc(N3OCCC3c3cccc(F)c3F)ncn2)cc1. The van der Waals surface area contributed by atoms with E-state index < -0.39 is 17.7 Å². The first-order valence-electron chi connectivity index (χ1n) is 8.78. The van der Waals surface area contributed by atoms with Crippen molar-refractivity contribution in [3.63, 3.8) is 0 Å². The molecule has 0 aliphatic carbocycles. The Morgan fingerprint density at radius 2 is 1.89 bits per heavy atom. The van der Waals surface area contributed by atoms with E-state index in [9.17, 15) is 13.2 Å². The van der Waals surface area contributed by atoms with Gasteiger partial charge in [-0.1, -0.05) is 24.3 Å². The number of hydrogen-bond acceptors (Lipinski definition) is 5. The van der Waals surface area contributed by atoms with E-state index in [-0.39, 0.29) is 11.4 Å². The van der Waals surface area contributed by atoms with Gasteiger partial charge in [-0.2, -0.15) is 0 Å². The van der Waals surface area contributed by atoms with Crippen LogP contribution in [-0.2, 0) is 11.4 Å². The molecule has 0 amide bonds. The van der Waals surface area contributed by atoms with Crippen LogP contribution in [0, 0.1) is 17.5 Å². The maximum absolute atomic E-state index is 14.2. The van der Waals surface area contributed by atoms with Gasteiger partial charge in [-0.05, 0) is 23.8 Å². The number of nitrogens with zero attached hydrogens (tertiary/aromatic N) is 3. The molecule has 8 heteroatoms. The third-order valence-electron chi connectivity index (χ3n) is 4.51. The molecule has 0 saturated carbocycles. The van der Waals surface area contributed by atoms with Crippen molar-refractivity contribution in [2.75, 3.05) is 17.0 Å². The van der Waals surface area contributed by atoms with E-state index in [0.717, 1.165) is 11.6 Å². The summed E-state index contributed by atoms with van der Waals surface area (Å²) in [4.78, 5) is 14.0. The van der Waals surface area contributed by atoms with Crippen LogP contribution in [0.4, 0.5) is 24.8 Å². The summed E-state index contributed by atoms with van der Waals surface area (Å²) in [6, 6.07) is 11.4. The quantitative estimate of drug-likeness (QED) is 0.705. The Balaban J connectivity index is 1.53. The van der Waals surface area contributed by atoms with Crippen LogP contribution in [-0.4, -0.2) is 16.6 Å². The smallest absolute Gasteiger partial charge is 0.164 e. The summed E-state index contributed by atoms with van der Waals surface area (Å²) >= 11 is 0. The molecule has 0 radical (unpaired) electrons. The molecule has 1 N–H and O–H groups in total. The molecule has 5 nitrogen and oxygen atoms in total. The largest absolute Gasteiger partial charge is 0.366 e. The van der Waals surface area contributed by atoms with Crippen LogP contribution < -0.4 is 10.4 Å². The molecule has 1 saturated heterocycles. The van der Waals surface area contributed by atoms with Gasteiger partial charge in [0.15, 0.2) is 17.5 Å². The average molecular weight is 386 g/mol. The van der Waals surface area contributed by atoms with Crippen LogP contribution in [0.5, 0.6) is 0 Å². The minimum atomic E-state index is -0.895. The number of halogens is 3. The van der Waals surface area contributed by atoms with Gasteiger partial charge in [-0.3, -0.25) is 4.84 Å². The third kappa shape index (κ3) is 3.77. The van der Waals surface area contributed by atoms with E-state index in [4.69, 9.17) is 4.84 Å². The van der Waals surface area contributed by atoms with Gasteiger partial charge >= 0.3 is 0 Å². The number of rotatable bonds is 5. The summed E-state index contributed by atoms with van der Waals surface area (Å²) in [6.45, 7) is 0.808. The van der Waals surface area contributed by atoms with Gasteiger partial charge in [0.1, 0.15) is 18.0 Å². The molecule has 0 bridgehead atoms. The normalized spacial score (nSPS) is 16.4. The second-order valence-electron chi connectivity index (χ2n) is 6.35. The van der Waals surface area contributed by atoms with Gasteiger partial charge < -0.3 is 5.32 Å². The molecule has 2 heterocycles. The van der Waals surface area contributed by atoms with E-state index in [2.05, 4.69) is 15.3 Å². The number of benzene rings is 2. The highest BCUT2D eigenvalue weighted by Crippen LogP contribution is 2.36. The third-order valence-corrected chi connectivity index (χ3v) is 4.51. The van der Waals surface area contributed by atoms with Crippen molar-refractivity contribution in [1.29, 1.82) is 0 Å². The Labute approximate surface area is 159 Å². The Morgan fingerprint density at radius 3 is 2.71 bits per heavy atom. The highest BCUT2D eigenvalue weighted by molar-refractivity contribution is 5.49. The van der Waals surface area contributed by atoms with Crippen molar-refractivity contribution in [3.8, 4) is 0 Å². The van der Waals surface area contributed by atoms with Crippen molar-refractivity contribution >= 4 is 11.6 Å². The highest BCUT2D eigenvalue weighted by Gasteiger charge is 2.31. The van der Waals surface area contributed by atoms with E-state index in [1.165, 1.54) is 29.6 Å². The van der Waals surface area contributed by atoms with Crippen LogP contribution in [0.1, 0.15) is 23.6 Å². The lowest BCUT2D eigenvalue weighted by molar-refractivity contribution is 0.156. The highest BCUT2D eigenvalue weighted by atomic mass is 19.2. The summed E-state index contributed by atoms with van der Waals surface area (Å²) in [5, 5.41) is 4.60. The Bertz CT molecular complexity index is 968. The molecular weight excluding hydrogens is 369 g/mol. The van der Waals surface area contributed by atoms with Gasteiger partial charge in [0, 0.05) is 24.6 Å². The number of anilines is 2. The first kappa shape index (κ1) is 18.2. The van der Waals surface area contributed by atoms with Crippen LogP contribution >= 0.6 is 0 Å². The van der Waals surface area contributed by atoms with Gasteiger partial charge in [-0.15, -0.1) is 0 Å². The Morgan fingerprint density at radius 1 is 1.07 bits per heavy atom. The molecule has 1 fully saturated rings. The molecule has 1 aliphatic rings. The summed E-state index contributed by atoms with van der Waals surface area (Å²) in [5.41, 5.74) is 1.11. The zero-order valence-corrected chi connectivity index (χ0v) is 14.8. The van der Waals surface area contributed by atoms with E-state index >= 15 is 0 Å². The standard InChI is InChI=1S/C20H17F3N4O/c21-14-6-4-13(5-7-14)11-24-18-10-19(26-12-25-18)27-17(8-9-28-27)15-2-1-3-16(22)20(15)23/h1-7,10,12,17H,8-9,11H2,(H,24,25,26). The topological polar surface area (TPSA) is 50.3 Å². The lowest BCUT2D eigenvalue weighted by atomic mass is 10.0. The van der Waals surface area contributed by atoms with Gasteiger partial charge in [0.25, 0.3) is 0 Å². The van der Waals surface area contributed by atoms with E-state index in [1.54, 1.807) is 24.3 Å². The molecule has 28 heavy (non-hydrogen) atoms. The van der Waals surface area contributed by atoms with Crippen LogP contribution in [0.25, 0.3) is 0 Å². The number of hydrogen-bond donors (Lipinski definition) is 1. The summed E-state index contributed by atoms with van der Waals surface area (Å²) in [7, 11) is 0. The fourth-order valence-corrected chi connectivity index (χ4v) is 3.11. The zero-order chi connectivity index (χ0) is 19.5. The molecule has 2 aromatic carbocycles. The predicted octanol–water partition coefficient (Wildman–Crippen LogP) is 4.39. The summed E-state index contributed by atoms with van der Waals surface area (Å²) in [6.07, 6.45) is 1.87. The number of aromatic nitrogens is 2. The molecule has 1 atom stereocenters. The molecule has 4 rings (SSSR count). The van der Waals surface area contributed by atoms with E-state index in [0.29, 0.717) is 31.2 Å². The van der Waals surface area contributed by atoms with Crippen molar-refractivity contribution in [1.82, 2.24) is 9.97 Å². The molecular formula is C20H17F3N4O. The van der Waals surface area contributed by atoms with Gasteiger partial charge in [-0.25, -0.2) is 28.2 Å². The van der Waals surface area contributed by atoms with E-state index in [1.807, 2.05) is 0 Å². The minimum absolute atomic E-state index is 0.219. The first-order chi connectivity index (χ1) is 13.6. The van der Waals surface area contributed by atoms with Crippen LogP contribution in [0.15, 0.2) is 54.9 Å². The Hall–Kier alpha value is -3.13. The second kappa shape index (κ2) is 7.85. The Kier molecular flexibility index (Phi) is 5.12. The maximum atomic E-state index is 14.2. The lowest BCUT2D eigenvalue weighted by Crippen LogP contribution is -2.23. The molecule has 3 aromatic rings. The van der Waals surface area contributed by atoms with Gasteiger partial charge in [0.2, 0.25) is 0 Å². The monoisotopic (exact) mass is 386 g/mol. The molecule has 144 valence electrons. The fourth-order valence-electron chi connectivity index (χ4n) is 3.11. The van der Waals surface area contributed by atoms with Crippen LogP contribution in [0.2, 0.25) is 0 Å². The minimum Gasteiger partial charge on any atom is -0.366 e. The second-order valence-corrected chi connectivity index (χ2v) is 6.35. The maximum Gasteiger partial charge on any atom is 0.164 e. The first-order valence-corrected chi connectivity index (χ1v) is 8.78. The van der Waals surface area contributed by atoms with Crippen molar-refractivity contribution in [2.24, 2.45) is 0 Å².